The molecule has 1 aliphatic heterocycles. The van der Waals surface area contributed by atoms with Gasteiger partial charge < -0.3 is 25.0 Å². The van der Waals surface area contributed by atoms with E-state index in [1.807, 2.05) is 56.1 Å². The Morgan fingerprint density at radius 1 is 1.33 bits per heavy atom. The second kappa shape index (κ2) is 13.1. The average molecular weight is 413 g/mol. The smallest absolute Gasteiger partial charge is 0.142 e. The van der Waals surface area contributed by atoms with Crippen molar-refractivity contribution in [1.29, 1.82) is 0 Å². The van der Waals surface area contributed by atoms with Crippen molar-refractivity contribution in [3.05, 3.63) is 66.8 Å². The molecule has 2 N–H and O–H groups in total. The van der Waals surface area contributed by atoms with Gasteiger partial charge in [-0.05, 0) is 38.0 Å². The number of nitrogens with one attached hydrogen (secondary N) is 2. The van der Waals surface area contributed by atoms with Gasteiger partial charge >= 0.3 is 0 Å². The molecule has 6 nitrogen and oxygen atoms in total. The molecule has 0 aliphatic carbocycles. The maximum Gasteiger partial charge on any atom is 0.142 e. The summed E-state index contributed by atoms with van der Waals surface area (Å²) in [5.41, 5.74) is 1.84. The van der Waals surface area contributed by atoms with E-state index in [4.69, 9.17) is 9.47 Å². The first kappa shape index (κ1) is 24.9. The zero-order chi connectivity index (χ0) is 22.5. The Morgan fingerprint density at radius 2 is 2.03 bits per heavy atom. The van der Waals surface area contributed by atoms with Gasteiger partial charge in [0.25, 0.3) is 0 Å². The number of allylic oxidation sites excluding steroid dienone is 3. The number of methoxy groups -OCH3 is 1. The number of ether oxygens (including phenoxy) is 2. The number of nitrogens with zero attached hydrogens (tertiary/aromatic N) is 2. The van der Waals surface area contributed by atoms with E-state index in [0.717, 1.165) is 53.1 Å². The maximum absolute atomic E-state index is 5.82. The van der Waals surface area contributed by atoms with Crippen LogP contribution < -0.4 is 20.1 Å². The molecule has 0 radical (unpaired) electrons. The Labute approximate surface area is 181 Å². The number of hydrogen-bond donors (Lipinski definition) is 2. The Bertz CT molecular complexity index is 809. The van der Waals surface area contributed by atoms with E-state index in [9.17, 15) is 0 Å². The molecule has 0 spiro atoms. The van der Waals surface area contributed by atoms with Crippen LogP contribution in [0.2, 0.25) is 0 Å². The van der Waals surface area contributed by atoms with Gasteiger partial charge in [0, 0.05) is 26.2 Å². The summed E-state index contributed by atoms with van der Waals surface area (Å²) >= 11 is 0. The molecule has 0 saturated heterocycles. The van der Waals surface area contributed by atoms with Gasteiger partial charge in [-0.1, -0.05) is 32.1 Å². The minimum Gasteiger partial charge on any atom is -0.495 e. The highest BCUT2D eigenvalue weighted by Crippen LogP contribution is 2.30. The number of aliphatic imine (C=N–C) groups is 1. The second-order valence-corrected chi connectivity index (χ2v) is 6.66. The Morgan fingerprint density at radius 3 is 2.60 bits per heavy atom. The second-order valence-electron chi connectivity index (χ2n) is 6.66. The highest BCUT2D eigenvalue weighted by Gasteiger charge is 2.20. The van der Waals surface area contributed by atoms with Crippen LogP contribution in [0.3, 0.4) is 0 Å². The molecular formula is C24H36N4O2. The van der Waals surface area contributed by atoms with Crippen molar-refractivity contribution < 1.29 is 9.47 Å². The van der Waals surface area contributed by atoms with E-state index in [-0.39, 0.29) is 0 Å². The summed E-state index contributed by atoms with van der Waals surface area (Å²) < 4.78 is 11.3. The lowest BCUT2D eigenvalue weighted by Gasteiger charge is -2.31. The lowest BCUT2D eigenvalue weighted by molar-refractivity contribution is 0.309. The predicted octanol–water partition coefficient (Wildman–Crippen LogP) is 5.30. The van der Waals surface area contributed by atoms with Gasteiger partial charge in [-0.25, -0.2) is 0 Å². The summed E-state index contributed by atoms with van der Waals surface area (Å²) in [6.45, 7) is 14.0. The van der Waals surface area contributed by atoms with Crippen LogP contribution in [-0.2, 0) is 0 Å². The predicted molar refractivity (Wildman–Crippen MR) is 128 cm³/mol. The SMILES string of the molecule is C=C/C(C)=C1/NC(Nc2cc(OCCCC)ccc2OC)=CC(=NC)N1C.C=CC. The number of likely N-dealkylation sites (N-methyl/N-ethyl adjacent to an activating group) is 1. The molecule has 1 aromatic carbocycles. The van der Waals surface area contributed by atoms with Crippen molar-refractivity contribution in [2.24, 2.45) is 4.99 Å². The topological polar surface area (TPSA) is 58.1 Å². The summed E-state index contributed by atoms with van der Waals surface area (Å²) in [7, 11) is 5.39. The van der Waals surface area contributed by atoms with Crippen LogP contribution in [-0.4, -0.2) is 38.5 Å². The quantitative estimate of drug-likeness (QED) is 0.448. The summed E-state index contributed by atoms with van der Waals surface area (Å²) in [5, 5.41) is 6.79. The summed E-state index contributed by atoms with van der Waals surface area (Å²) in [5.74, 6) is 4.10. The molecule has 0 atom stereocenters. The fourth-order valence-electron chi connectivity index (χ4n) is 2.68. The third-order valence-corrected chi connectivity index (χ3v) is 4.32. The molecule has 0 saturated carbocycles. The minimum atomic E-state index is 0.700. The molecule has 6 heteroatoms. The Kier molecular flexibility index (Phi) is 10.9. The zero-order valence-electron chi connectivity index (χ0n) is 19.2. The average Bonchev–Trinajstić information content (AvgIpc) is 2.75. The number of rotatable bonds is 8. The van der Waals surface area contributed by atoms with E-state index in [0.29, 0.717) is 6.61 Å². The first-order valence-corrected chi connectivity index (χ1v) is 10.1. The largest absolute Gasteiger partial charge is 0.495 e. The molecule has 2 rings (SSSR count). The molecule has 0 fully saturated rings. The van der Waals surface area contributed by atoms with Crippen molar-refractivity contribution in [2.75, 3.05) is 33.1 Å². The lowest BCUT2D eigenvalue weighted by Crippen LogP contribution is -2.40. The molecule has 0 unspecified atom stereocenters. The number of anilines is 1. The van der Waals surface area contributed by atoms with E-state index < -0.39 is 0 Å². The van der Waals surface area contributed by atoms with Crippen molar-refractivity contribution in [2.45, 2.75) is 33.6 Å². The van der Waals surface area contributed by atoms with Gasteiger partial charge in [-0.15, -0.1) is 6.58 Å². The molecule has 1 aliphatic rings. The normalized spacial score (nSPS) is 15.9. The molecule has 0 amide bonds. The van der Waals surface area contributed by atoms with Crippen LogP contribution >= 0.6 is 0 Å². The van der Waals surface area contributed by atoms with Crippen LogP contribution in [0.25, 0.3) is 0 Å². The number of benzene rings is 1. The van der Waals surface area contributed by atoms with Gasteiger partial charge in [0.1, 0.15) is 29.0 Å². The number of amidine groups is 1. The molecule has 164 valence electrons. The zero-order valence-corrected chi connectivity index (χ0v) is 19.2. The van der Waals surface area contributed by atoms with Crippen LogP contribution in [0.4, 0.5) is 5.69 Å². The van der Waals surface area contributed by atoms with Gasteiger partial charge in [-0.3, -0.25) is 4.99 Å². The van der Waals surface area contributed by atoms with Gasteiger partial charge in [0.15, 0.2) is 0 Å². The first-order chi connectivity index (χ1) is 14.4. The summed E-state index contributed by atoms with van der Waals surface area (Å²) in [6, 6.07) is 5.77. The maximum atomic E-state index is 5.82. The monoisotopic (exact) mass is 412 g/mol. The van der Waals surface area contributed by atoms with Gasteiger partial charge in [0.05, 0.1) is 19.4 Å². The molecule has 1 aromatic rings. The highest BCUT2D eigenvalue weighted by molar-refractivity contribution is 5.96. The van der Waals surface area contributed by atoms with Crippen molar-refractivity contribution >= 4 is 11.5 Å². The van der Waals surface area contributed by atoms with Crippen LogP contribution in [0.5, 0.6) is 11.5 Å². The fourth-order valence-corrected chi connectivity index (χ4v) is 2.68. The first-order valence-electron chi connectivity index (χ1n) is 10.1. The summed E-state index contributed by atoms with van der Waals surface area (Å²) in [6.07, 6.45) is 7.64. The van der Waals surface area contributed by atoms with Crippen molar-refractivity contribution in [3.63, 3.8) is 0 Å². The van der Waals surface area contributed by atoms with Crippen LogP contribution in [0.15, 0.2) is 71.8 Å². The standard InChI is InChI=1S/C21H30N4O2.C3H6/c1-7-9-12-27-16-10-11-18(26-6)17(13-16)23-19-14-20(22-4)25(5)21(24-19)15(3)8-2;1-3-2/h8,10-11,13-14,23-24H,2,7,9,12H2,1,3-6H3;3H,1H2,2H3/b21-15-,22-20?;. The van der Waals surface area contributed by atoms with Crippen molar-refractivity contribution in [3.8, 4) is 11.5 Å². The molecule has 30 heavy (non-hydrogen) atoms. The van der Waals surface area contributed by atoms with E-state index in [1.54, 1.807) is 20.2 Å². The molecule has 0 bridgehead atoms. The van der Waals surface area contributed by atoms with Crippen molar-refractivity contribution in [1.82, 2.24) is 10.2 Å². The number of unbranched alkanes of at least 4 members (excludes halogenated alkanes) is 1. The van der Waals surface area contributed by atoms with E-state index >= 15 is 0 Å². The minimum absolute atomic E-state index is 0.700. The Hall–Kier alpha value is -3.15. The molecular weight excluding hydrogens is 376 g/mol. The van der Waals surface area contributed by atoms with E-state index in [2.05, 4.69) is 35.7 Å². The van der Waals surface area contributed by atoms with E-state index in [1.165, 1.54) is 0 Å². The lowest BCUT2D eigenvalue weighted by atomic mass is 10.2. The Balaban J connectivity index is 0.00000141. The number of hydrogen-bond acceptors (Lipinski definition) is 5. The third kappa shape index (κ3) is 7.03. The van der Waals surface area contributed by atoms with Gasteiger partial charge in [0.2, 0.25) is 0 Å². The highest BCUT2D eigenvalue weighted by atomic mass is 16.5. The fraction of sp³-hybridized carbons (Fsp3) is 0.375. The molecule has 0 aromatic heterocycles. The van der Waals surface area contributed by atoms with Gasteiger partial charge in [-0.2, -0.15) is 0 Å². The third-order valence-electron chi connectivity index (χ3n) is 4.32. The van der Waals surface area contributed by atoms with Crippen LogP contribution in [0, 0.1) is 0 Å². The summed E-state index contributed by atoms with van der Waals surface area (Å²) in [4.78, 5) is 6.35. The van der Waals surface area contributed by atoms with Crippen LogP contribution in [0.1, 0.15) is 33.6 Å². The molecule has 1 heterocycles.